The van der Waals surface area contributed by atoms with Crippen LogP contribution in [0.2, 0.25) is 0 Å². The fraction of sp³-hybridized carbons (Fsp3) is 0.632. The highest BCUT2D eigenvalue weighted by molar-refractivity contribution is 5.92. The van der Waals surface area contributed by atoms with Crippen LogP contribution < -0.4 is 11.1 Å². The van der Waals surface area contributed by atoms with Gasteiger partial charge in [-0.25, -0.2) is 0 Å². The molecule has 0 atom stereocenters. The van der Waals surface area contributed by atoms with Gasteiger partial charge in [0.15, 0.2) is 0 Å². The molecule has 2 aliphatic rings. The average Bonchev–Trinajstić information content (AvgIpc) is 2.63. The molecule has 1 amide bonds. The molecule has 3 rings (SSSR count). The van der Waals surface area contributed by atoms with Crippen molar-refractivity contribution in [3.8, 4) is 0 Å². The lowest BCUT2D eigenvalue weighted by Gasteiger charge is -2.48. The van der Waals surface area contributed by atoms with Crippen molar-refractivity contribution in [2.75, 3.05) is 32.8 Å². The minimum Gasteiger partial charge on any atom is -0.381 e. The molecule has 0 saturated carbocycles. The number of piperidine rings is 1. The van der Waals surface area contributed by atoms with E-state index in [-0.39, 0.29) is 11.4 Å². The first-order valence-electron chi connectivity index (χ1n) is 9.12. The molecule has 24 heavy (non-hydrogen) atoms. The van der Waals surface area contributed by atoms with E-state index >= 15 is 0 Å². The molecule has 3 N–H and O–H groups in total. The largest absolute Gasteiger partial charge is 0.381 e. The van der Waals surface area contributed by atoms with Crippen molar-refractivity contribution >= 4 is 5.91 Å². The van der Waals surface area contributed by atoms with Crippen molar-refractivity contribution in [2.45, 2.75) is 44.2 Å². The fourth-order valence-electron chi connectivity index (χ4n) is 4.00. The second kappa shape index (κ2) is 8.10. The summed E-state index contributed by atoms with van der Waals surface area (Å²) in [4.78, 5) is 14.0. The minimum absolute atomic E-state index is 0.222. The number of benzene rings is 1. The van der Waals surface area contributed by atoms with Crippen LogP contribution in [-0.2, 0) is 11.3 Å². The van der Waals surface area contributed by atoms with E-state index in [2.05, 4.69) is 10.2 Å². The Morgan fingerprint density at radius 2 is 1.96 bits per heavy atom. The Kier molecular flexibility index (Phi) is 5.87. The second-order valence-corrected chi connectivity index (χ2v) is 7.05. The van der Waals surface area contributed by atoms with E-state index in [0.717, 1.165) is 44.7 Å². The molecule has 0 aliphatic carbocycles. The number of rotatable bonds is 6. The number of nitrogens with zero attached hydrogens (tertiary/aromatic N) is 1. The lowest BCUT2D eigenvalue weighted by Crippen LogP contribution is -2.59. The van der Waals surface area contributed by atoms with E-state index in [1.54, 1.807) is 6.07 Å². The normalized spacial score (nSPS) is 21.5. The average molecular weight is 331 g/mol. The lowest BCUT2D eigenvalue weighted by molar-refractivity contribution is -0.0358. The van der Waals surface area contributed by atoms with Gasteiger partial charge in [-0.1, -0.05) is 18.6 Å². The molecular formula is C19H29N3O2. The van der Waals surface area contributed by atoms with Crippen LogP contribution in [-0.4, -0.2) is 49.2 Å². The summed E-state index contributed by atoms with van der Waals surface area (Å²) in [6, 6.07) is 7.58. The first-order chi connectivity index (χ1) is 11.7. The van der Waals surface area contributed by atoms with E-state index in [1.807, 2.05) is 18.2 Å². The Hall–Kier alpha value is -1.43. The van der Waals surface area contributed by atoms with Gasteiger partial charge in [-0.2, -0.15) is 0 Å². The van der Waals surface area contributed by atoms with Crippen molar-refractivity contribution in [1.29, 1.82) is 0 Å². The van der Waals surface area contributed by atoms with Crippen LogP contribution in [0.4, 0.5) is 0 Å². The Morgan fingerprint density at radius 3 is 2.67 bits per heavy atom. The molecule has 5 nitrogen and oxygen atoms in total. The molecule has 5 heteroatoms. The van der Waals surface area contributed by atoms with Gasteiger partial charge >= 0.3 is 0 Å². The van der Waals surface area contributed by atoms with Gasteiger partial charge in [-0.15, -0.1) is 0 Å². The van der Waals surface area contributed by atoms with Crippen molar-refractivity contribution in [3.05, 3.63) is 35.4 Å². The summed E-state index contributed by atoms with van der Waals surface area (Å²) >= 11 is 0. The zero-order valence-corrected chi connectivity index (χ0v) is 14.4. The van der Waals surface area contributed by atoms with E-state index in [0.29, 0.717) is 5.56 Å². The minimum atomic E-state index is -0.369. The zero-order valence-electron chi connectivity index (χ0n) is 14.4. The predicted molar refractivity (Wildman–Crippen MR) is 94.9 cm³/mol. The van der Waals surface area contributed by atoms with Crippen molar-refractivity contribution in [1.82, 2.24) is 10.2 Å². The van der Waals surface area contributed by atoms with Crippen LogP contribution in [0.15, 0.2) is 24.3 Å². The summed E-state index contributed by atoms with van der Waals surface area (Å²) in [7, 11) is 0. The predicted octanol–water partition coefficient (Wildman–Crippen LogP) is 1.91. The molecule has 132 valence electrons. The number of nitrogens with two attached hydrogens (primary N) is 1. The van der Waals surface area contributed by atoms with Crippen molar-refractivity contribution in [3.63, 3.8) is 0 Å². The van der Waals surface area contributed by atoms with Gasteiger partial charge in [0.2, 0.25) is 5.91 Å². The van der Waals surface area contributed by atoms with Crippen LogP contribution in [0, 0.1) is 0 Å². The summed E-state index contributed by atoms with van der Waals surface area (Å²) in [5.74, 6) is -0.369. The smallest absolute Gasteiger partial charge is 0.248 e. The molecule has 2 saturated heterocycles. The fourth-order valence-corrected chi connectivity index (χ4v) is 4.00. The highest BCUT2D eigenvalue weighted by atomic mass is 16.5. The maximum absolute atomic E-state index is 11.3. The van der Waals surface area contributed by atoms with Crippen LogP contribution in [0.5, 0.6) is 0 Å². The maximum atomic E-state index is 11.3. The Labute approximate surface area is 144 Å². The van der Waals surface area contributed by atoms with E-state index < -0.39 is 0 Å². The lowest BCUT2D eigenvalue weighted by atomic mass is 9.86. The number of likely N-dealkylation sites (tertiary alicyclic amines) is 1. The Balaban J connectivity index is 1.61. The van der Waals surface area contributed by atoms with Crippen molar-refractivity contribution < 1.29 is 9.53 Å². The van der Waals surface area contributed by atoms with Gasteiger partial charge in [0.05, 0.1) is 0 Å². The molecule has 0 spiro atoms. The summed E-state index contributed by atoms with van der Waals surface area (Å²) in [6.45, 7) is 5.86. The standard InChI is InChI=1S/C19H29N3O2/c20-18(23)17-6-4-5-16(13-17)14-21-15-19(7-11-24-12-8-19)22-9-2-1-3-10-22/h4-6,13,21H,1-3,7-12,14-15H2,(H2,20,23). The Bertz CT molecular complexity index is 549. The Morgan fingerprint density at radius 1 is 1.21 bits per heavy atom. The van der Waals surface area contributed by atoms with Crippen molar-refractivity contribution in [2.24, 2.45) is 5.73 Å². The van der Waals surface area contributed by atoms with Crippen LogP contribution >= 0.6 is 0 Å². The number of hydrogen-bond donors (Lipinski definition) is 2. The second-order valence-electron chi connectivity index (χ2n) is 7.05. The number of amides is 1. The van der Waals surface area contributed by atoms with Gasteiger partial charge in [0, 0.05) is 37.4 Å². The van der Waals surface area contributed by atoms with Gasteiger partial charge < -0.3 is 15.8 Å². The third-order valence-corrected chi connectivity index (χ3v) is 5.45. The highest BCUT2D eigenvalue weighted by Gasteiger charge is 2.38. The van der Waals surface area contributed by atoms with Gasteiger partial charge in [0.1, 0.15) is 0 Å². The van der Waals surface area contributed by atoms with Crippen LogP contribution in [0.3, 0.4) is 0 Å². The molecular weight excluding hydrogens is 302 g/mol. The van der Waals surface area contributed by atoms with Gasteiger partial charge in [-0.3, -0.25) is 9.69 Å². The molecule has 0 aromatic heterocycles. The third kappa shape index (κ3) is 4.15. The third-order valence-electron chi connectivity index (χ3n) is 5.45. The molecule has 1 aromatic rings. The summed E-state index contributed by atoms with van der Waals surface area (Å²) in [5.41, 5.74) is 7.27. The molecule has 2 fully saturated rings. The number of ether oxygens (including phenoxy) is 1. The maximum Gasteiger partial charge on any atom is 0.248 e. The molecule has 1 aromatic carbocycles. The first kappa shape index (κ1) is 17.4. The van der Waals surface area contributed by atoms with E-state index in [1.165, 1.54) is 32.4 Å². The quantitative estimate of drug-likeness (QED) is 0.835. The van der Waals surface area contributed by atoms with Gasteiger partial charge in [0.25, 0.3) is 0 Å². The van der Waals surface area contributed by atoms with E-state index in [4.69, 9.17) is 10.5 Å². The van der Waals surface area contributed by atoms with E-state index in [9.17, 15) is 4.79 Å². The molecule has 2 aliphatic heterocycles. The monoisotopic (exact) mass is 331 g/mol. The number of primary amides is 1. The summed E-state index contributed by atoms with van der Waals surface area (Å²) < 4.78 is 5.62. The van der Waals surface area contributed by atoms with Crippen LogP contribution in [0.1, 0.15) is 48.0 Å². The van der Waals surface area contributed by atoms with Gasteiger partial charge in [-0.05, 0) is 56.5 Å². The molecule has 0 radical (unpaired) electrons. The molecule has 0 unspecified atom stereocenters. The van der Waals surface area contributed by atoms with Crippen LogP contribution in [0.25, 0.3) is 0 Å². The summed E-state index contributed by atoms with van der Waals surface area (Å²) in [5, 5.41) is 3.63. The highest BCUT2D eigenvalue weighted by Crippen LogP contribution is 2.30. The summed E-state index contributed by atoms with van der Waals surface area (Å²) in [6.07, 6.45) is 6.17. The SMILES string of the molecule is NC(=O)c1cccc(CNCC2(N3CCCCC3)CCOCC2)c1. The molecule has 0 bridgehead atoms. The number of nitrogens with one attached hydrogen (secondary N) is 1. The molecule has 2 heterocycles. The number of hydrogen-bond acceptors (Lipinski definition) is 4. The zero-order chi connectivity index (χ0) is 16.8. The first-order valence-corrected chi connectivity index (χ1v) is 9.12. The topological polar surface area (TPSA) is 67.6 Å². The number of carbonyl (C=O) groups excluding carboxylic acids is 1. The number of carbonyl (C=O) groups is 1.